The molecule has 0 aliphatic carbocycles. The second-order valence-electron chi connectivity index (χ2n) is 3.64. The summed E-state index contributed by atoms with van der Waals surface area (Å²) in [6.45, 7) is 1.94. The van der Waals surface area contributed by atoms with Crippen LogP contribution in [0.1, 0.15) is 6.92 Å². The van der Waals surface area contributed by atoms with Crippen molar-refractivity contribution >= 4 is 17.5 Å². The number of carbonyl (C=O) groups excluding carboxylic acids is 1. The molecule has 0 bridgehead atoms. The van der Waals surface area contributed by atoms with Crippen LogP contribution in [0, 0.1) is 34.0 Å². The zero-order chi connectivity index (χ0) is 15.7. The van der Waals surface area contributed by atoms with Crippen LogP contribution in [0.2, 0.25) is 0 Å². The number of ether oxygens (including phenoxy) is 1. The number of allylic oxidation sites excluding steroid dienone is 2. The van der Waals surface area contributed by atoms with Crippen LogP contribution in [-0.4, -0.2) is 12.7 Å². The number of nitrogens with zero attached hydrogens (tertiary/aromatic N) is 3. The van der Waals surface area contributed by atoms with Crippen LogP contribution in [0.3, 0.4) is 0 Å². The van der Waals surface area contributed by atoms with Crippen LogP contribution in [0.25, 0.3) is 0 Å². The van der Waals surface area contributed by atoms with Gasteiger partial charge in [0.25, 0.3) is 0 Å². The molecular formula is C14H11N5O2. The molecular weight excluding hydrogens is 270 g/mol. The van der Waals surface area contributed by atoms with E-state index >= 15 is 0 Å². The van der Waals surface area contributed by atoms with Crippen molar-refractivity contribution in [3.63, 3.8) is 0 Å². The minimum atomic E-state index is -0.597. The maximum Gasteiger partial charge on any atom is 0.411 e. The van der Waals surface area contributed by atoms with Gasteiger partial charge in [0.2, 0.25) is 0 Å². The van der Waals surface area contributed by atoms with E-state index in [0.717, 1.165) is 0 Å². The average molecular weight is 281 g/mol. The van der Waals surface area contributed by atoms with E-state index in [2.05, 4.69) is 10.6 Å². The van der Waals surface area contributed by atoms with Crippen LogP contribution < -0.4 is 10.6 Å². The number of carbonyl (C=O) groups is 1. The Labute approximate surface area is 121 Å². The fourth-order valence-corrected chi connectivity index (χ4v) is 1.39. The molecule has 1 aromatic rings. The minimum Gasteiger partial charge on any atom is -0.450 e. The summed E-state index contributed by atoms with van der Waals surface area (Å²) in [4.78, 5) is 11.3. The van der Waals surface area contributed by atoms with E-state index in [-0.39, 0.29) is 17.9 Å². The fraction of sp³-hybridized carbons (Fsp3) is 0.143. The monoisotopic (exact) mass is 281 g/mol. The third-order valence-electron chi connectivity index (χ3n) is 2.24. The highest BCUT2D eigenvalue weighted by atomic mass is 16.5. The average Bonchev–Trinajstić information content (AvgIpc) is 2.48. The predicted molar refractivity (Wildman–Crippen MR) is 74.6 cm³/mol. The summed E-state index contributed by atoms with van der Waals surface area (Å²) in [6, 6.07) is 11.4. The Morgan fingerprint density at radius 3 is 2.29 bits per heavy atom. The first kappa shape index (κ1) is 15.6. The second-order valence-corrected chi connectivity index (χ2v) is 3.64. The van der Waals surface area contributed by atoms with E-state index in [0.29, 0.717) is 11.4 Å². The van der Waals surface area contributed by atoms with Crippen molar-refractivity contribution in [3.05, 3.63) is 35.5 Å². The second kappa shape index (κ2) is 7.83. The summed E-state index contributed by atoms with van der Waals surface area (Å²) in [5.74, 6) is 0. The van der Waals surface area contributed by atoms with E-state index in [4.69, 9.17) is 20.5 Å². The molecule has 2 N–H and O–H groups in total. The topological polar surface area (TPSA) is 122 Å². The fourth-order valence-electron chi connectivity index (χ4n) is 1.39. The molecule has 104 valence electrons. The maximum atomic E-state index is 11.3. The Morgan fingerprint density at radius 2 is 1.76 bits per heavy atom. The molecule has 1 rings (SSSR count). The number of nitriles is 3. The summed E-state index contributed by atoms with van der Waals surface area (Å²) in [5, 5.41) is 31.6. The number of hydrogen-bond acceptors (Lipinski definition) is 6. The van der Waals surface area contributed by atoms with E-state index < -0.39 is 6.09 Å². The van der Waals surface area contributed by atoms with Gasteiger partial charge in [0.05, 0.1) is 6.61 Å². The Kier molecular flexibility index (Phi) is 5.80. The van der Waals surface area contributed by atoms with Crippen LogP contribution in [0.15, 0.2) is 35.5 Å². The van der Waals surface area contributed by atoms with Gasteiger partial charge in [-0.3, -0.25) is 5.32 Å². The van der Waals surface area contributed by atoms with Crippen molar-refractivity contribution in [1.29, 1.82) is 15.8 Å². The Morgan fingerprint density at radius 1 is 1.14 bits per heavy atom. The largest absolute Gasteiger partial charge is 0.450 e. The SMILES string of the molecule is CCOC(=O)Nc1cccc(NC(C#N)=C(C#N)C#N)c1. The van der Waals surface area contributed by atoms with Gasteiger partial charge in [-0.25, -0.2) is 4.79 Å². The summed E-state index contributed by atoms with van der Waals surface area (Å²) < 4.78 is 4.74. The van der Waals surface area contributed by atoms with Crippen LogP contribution in [0.5, 0.6) is 0 Å². The van der Waals surface area contributed by atoms with Crippen LogP contribution in [-0.2, 0) is 4.74 Å². The highest BCUT2D eigenvalue weighted by Gasteiger charge is 2.07. The number of hydrogen-bond donors (Lipinski definition) is 2. The quantitative estimate of drug-likeness (QED) is 0.817. The third kappa shape index (κ3) is 4.59. The number of amides is 1. The zero-order valence-electron chi connectivity index (χ0n) is 11.2. The van der Waals surface area contributed by atoms with E-state index in [1.807, 2.05) is 0 Å². The first-order valence-electron chi connectivity index (χ1n) is 5.90. The molecule has 0 saturated heterocycles. The van der Waals surface area contributed by atoms with Gasteiger partial charge in [0, 0.05) is 11.4 Å². The Bertz CT molecular complexity index is 673. The number of anilines is 2. The molecule has 0 aliphatic heterocycles. The molecule has 0 spiro atoms. The van der Waals surface area contributed by atoms with Crippen molar-refractivity contribution in [2.45, 2.75) is 6.92 Å². The number of benzene rings is 1. The predicted octanol–water partition coefficient (Wildman–Crippen LogP) is 2.49. The molecule has 7 nitrogen and oxygen atoms in total. The van der Waals surface area contributed by atoms with Crippen molar-refractivity contribution in [3.8, 4) is 18.2 Å². The molecule has 0 aromatic heterocycles. The van der Waals surface area contributed by atoms with Gasteiger partial charge in [-0.1, -0.05) is 6.07 Å². The van der Waals surface area contributed by atoms with Gasteiger partial charge >= 0.3 is 6.09 Å². The first-order chi connectivity index (χ1) is 10.1. The normalized spacial score (nSPS) is 8.48. The molecule has 0 fully saturated rings. The van der Waals surface area contributed by atoms with Gasteiger partial charge in [-0.05, 0) is 25.1 Å². The lowest BCUT2D eigenvalue weighted by Crippen LogP contribution is -2.13. The maximum absolute atomic E-state index is 11.3. The van der Waals surface area contributed by atoms with E-state index in [9.17, 15) is 4.79 Å². The van der Waals surface area contributed by atoms with Crippen molar-refractivity contribution in [2.75, 3.05) is 17.2 Å². The molecule has 0 saturated carbocycles. The molecule has 0 radical (unpaired) electrons. The smallest absolute Gasteiger partial charge is 0.411 e. The summed E-state index contributed by atoms with van der Waals surface area (Å²) in [6.07, 6.45) is -0.597. The molecule has 21 heavy (non-hydrogen) atoms. The van der Waals surface area contributed by atoms with Gasteiger partial charge < -0.3 is 10.1 Å². The van der Waals surface area contributed by atoms with Crippen molar-refractivity contribution < 1.29 is 9.53 Å². The Hall–Kier alpha value is -3.50. The minimum absolute atomic E-state index is 0.159. The van der Waals surface area contributed by atoms with Gasteiger partial charge in [0.1, 0.15) is 23.9 Å². The van der Waals surface area contributed by atoms with Gasteiger partial charge in [-0.2, -0.15) is 15.8 Å². The van der Waals surface area contributed by atoms with Crippen LogP contribution >= 0.6 is 0 Å². The lowest BCUT2D eigenvalue weighted by molar-refractivity contribution is 0.168. The molecule has 0 heterocycles. The van der Waals surface area contributed by atoms with E-state index in [1.165, 1.54) is 0 Å². The van der Waals surface area contributed by atoms with E-state index in [1.54, 1.807) is 49.4 Å². The summed E-state index contributed by atoms with van der Waals surface area (Å²) in [5.41, 5.74) is 0.421. The highest BCUT2D eigenvalue weighted by molar-refractivity contribution is 5.85. The van der Waals surface area contributed by atoms with Gasteiger partial charge in [0.15, 0.2) is 5.57 Å². The summed E-state index contributed by atoms with van der Waals surface area (Å²) in [7, 11) is 0. The van der Waals surface area contributed by atoms with Crippen molar-refractivity contribution in [2.24, 2.45) is 0 Å². The molecule has 1 aromatic carbocycles. The zero-order valence-corrected chi connectivity index (χ0v) is 11.2. The third-order valence-corrected chi connectivity index (χ3v) is 2.24. The lowest BCUT2D eigenvalue weighted by atomic mass is 10.2. The first-order valence-corrected chi connectivity index (χ1v) is 5.90. The van der Waals surface area contributed by atoms with Crippen molar-refractivity contribution in [1.82, 2.24) is 0 Å². The molecule has 1 amide bonds. The molecule has 0 aliphatic rings. The van der Waals surface area contributed by atoms with Gasteiger partial charge in [-0.15, -0.1) is 0 Å². The molecule has 0 atom stereocenters. The standard InChI is InChI=1S/C14H11N5O2/c1-2-21-14(20)19-12-5-3-4-11(6-12)18-13(9-17)10(7-15)8-16/h3-6,18H,2H2,1H3,(H,19,20). The Balaban J connectivity index is 2.95. The molecule has 7 heteroatoms. The highest BCUT2D eigenvalue weighted by Crippen LogP contribution is 2.18. The summed E-state index contributed by atoms with van der Waals surface area (Å²) >= 11 is 0. The van der Waals surface area contributed by atoms with Crippen LogP contribution in [0.4, 0.5) is 16.2 Å². The molecule has 0 unspecified atom stereocenters. The number of nitrogens with one attached hydrogen (secondary N) is 2. The number of rotatable bonds is 4. The lowest BCUT2D eigenvalue weighted by Gasteiger charge is -2.08.